The van der Waals surface area contributed by atoms with E-state index >= 15 is 0 Å². The number of likely N-dealkylation sites (tertiary alicyclic amines) is 1. The Hall–Kier alpha value is -3.10. The highest BCUT2D eigenvalue weighted by atomic mass is 32.1. The molecular weight excluding hydrogens is 446 g/mol. The molecule has 4 aromatic rings. The van der Waals surface area contributed by atoms with Gasteiger partial charge in [0.25, 0.3) is 5.91 Å². The zero-order chi connectivity index (χ0) is 23.5. The first-order chi connectivity index (χ1) is 16.6. The van der Waals surface area contributed by atoms with Crippen LogP contribution in [0, 0.1) is 0 Å². The fraction of sp³-hybridized carbons (Fsp3) is 0.385. The van der Waals surface area contributed by atoms with E-state index in [1.165, 1.54) is 43.7 Å². The zero-order valence-electron chi connectivity index (χ0n) is 19.4. The normalized spacial score (nSPS) is 14.6. The minimum Gasteiger partial charge on any atom is -0.355 e. The van der Waals surface area contributed by atoms with Gasteiger partial charge in [-0.3, -0.25) is 14.0 Å². The first-order valence-corrected chi connectivity index (χ1v) is 12.8. The molecule has 34 heavy (non-hydrogen) atoms. The van der Waals surface area contributed by atoms with Crippen LogP contribution in [0.4, 0.5) is 0 Å². The number of piperidine rings is 1. The Morgan fingerprint density at radius 1 is 1.06 bits per heavy atom. The third-order valence-corrected chi connectivity index (χ3v) is 7.50. The Morgan fingerprint density at radius 3 is 2.62 bits per heavy atom. The van der Waals surface area contributed by atoms with Crippen LogP contribution in [0.5, 0.6) is 0 Å². The number of benzene rings is 1. The lowest BCUT2D eigenvalue weighted by molar-refractivity contribution is 0.0959. The lowest BCUT2D eigenvalue weighted by atomic mass is 10.1. The smallest absolute Gasteiger partial charge is 0.251 e. The van der Waals surface area contributed by atoms with E-state index in [0.29, 0.717) is 17.5 Å². The van der Waals surface area contributed by atoms with Gasteiger partial charge in [0.15, 0.2) is 16.4 Å². The average Bonchev–Trinajstić information content (AvgIpc) is 3.44. The number of thiazole rings is 1. The summed E-state index contributed by atoms with van der Waals surface area (Å²) in [5.74, 6) is 0.0518. The lowest BCUT2D eigenvalue weighted by Gasteiger charge is -2.26. The van der Waals surface area contributed by atoms with Crippen LogP contribution >= 0.6 is 11.3 Å². The monoisotopic (exact) mass is 475 g/mol. The second kappa shape index (κ2) is 10.0. The first-order valence-electron chi connectivity index (χ1n) is 12.0. The highest BCUT2D eigenvalue weighted by Gasteiger charge is 2.15. The molecule has 1 aliphatic heterocycles. The van der Waals surface area contributed by atoms with Crippen LogP contribution in [0.1, 0.15) is 59.2 Å². The summed E-state index contributed by atoms with van der Waals surface area (Å²) in [4.78, 5) is 37.2. The molecule has 1 aliphatic rings. The van der Waals surface area contributed by atoms with Gasteiger partial charge < -0.3 is 10.2 Å². The SMILES string of the molecule is CNC(=O)c1ccc(-c2cn3c(n2)sc2cc(C(=O)CCCCN4CCCCC4)cnc23)cc1. The van der Waals surface area contributed by atoms with Crippen LogP contribution in [0.3, 0.4) is 0 Å². The van der Waals surface area contributed by atoms with Gasteiger partial charge in [-0.1, -0.05) is 29.9 Å². The summed E-state index contributed by atoms with van der Waals surface area (Å²) < 4.78 is 2.93. The molecule has 1 fully saturated rings. The number of fused-ring (bicyclic) bond motifs is 3. The largest absolute Gasteiger partial charge is 0.355 e. The van der Waals surface area contributed by atoms with Gasteiger partial charge in [0, 0.05) is 42.6 Å². The molecule has 1 saturated heterocycles. The van der Waals surface area contributed by atoms with E-state index in [9.17, 15) is 9.59 Å². The van der Waals surface area contributed by atoms with Crippen molar-refractivity contribution in [2.24, 2.45) is 0 Å². The molecule has 1 N–H and O–H groups in total. The van der Waals surface area contributed by atoms with Crippen molar-refractivity contribution in [3.63, 3.8) is 0 Å². The number of imidazole rings is 1. The maximum Gasteiger partial charge on any atom is 0.251 e. The first kappa shape index (κ1) is 22.7. The summed E-state index contributed by atoms with van der Waals surface area (Å²) >= 11 is 1.53. The summed E-state index contributed by atoms with van der Waals surface area (Å²) in [5, 5.41) is 2.63. The van der Waals surface area contributed by atoms with Crippen molar-refractivity contribution in [1.82, 2.24) is 24.6 Å². The third-order valence-electron chi connectivity index (χ3n) is 6.50. The molecule has 5 rings (SSSR count). The predicted octanol–water partition coefficient (Wildman–Crippen LogP) is 4.81. The maximum atomic E-state index is 12.7. The lowest BCUT2D eigenvalue weighted by Crippen LogP contribution is -2.30. The Balaban J connectivity index is 1.25. The van der Waals surface area contributed by atoms with Crippen molar-refractivity contribution in [3.8, 4) is 11.3 Å². The molecule has 0 saturated carbocycles. The number of pyridine rings is 1. The molecule has 0 radical (unpaired) electrons. The van der Waals surface area contributed by atoms with E-state index in [2.05, 4.69) is 15.2 Å². The van der Waals surface area contributed by atoms with Crippen molar-refractivity contribution in [2.45, 2.75) is 38.5 Å². The minimum absolute atomic E-state index is 0.111. The van der Waals surface area contributed by atoms with Gasteiger partial charge in [-0.2, -0.15) is 0 Å². The average molecular weight is 476 g/mol. The maximum absolute atomic E-state index is 12.7. The number of carbonyl (C=O) groups excluding carboxylic acids is 2. The second-order valence-electron chi connectivity index (χ2n) is 8.87. The summed E-state index contributed by atoms with van der Waals surface area (Å²) in [7, 11) is 1.62. The van der Waals surface area contributed by atoms with Gasteiger partial charge in [-0.15, -0.1) is 0 Å². The molecule has 1 amide bonds. The highest BCUT2D eigenvalue weighted by molar-refractivity contribution is 7.23. The van der Waals surface area contributed by atoms with E-state index < -0.39 is 0 Å². The number of nitrogens with zero attached hydrogens (tertiary/aromatic N) is 4. The molecule has 8 heteroatoms. The molecule has 7 nitrogen and oxygen atoms in total. The Bertz CT molecular complexity index is 1320. The van der Waals surface area contributed by atoms with Crippen LogP contribution in [-0.2, 0) is 0 Å². The number of nitrogens with one attached hydrogen (secondary N) is 1. The van der Waals surface area contributed by atoms with Gasteiger partial charge in [0.05, 0.1) is 10.4 Å². The molecule has 176 valence electrons. The summed E-state index contributed by atoms with van der Waals surface area (Å²) in [6, 6.07) is 9.33. The van der Waals surface area contributed by atoms with Gasteiger partial charge >= 0.3 is 0 Å². The summed E-state index contributed by atoms with van der Waals surface area (Å²) in [5.41, 5.74) is 3.87. The van der Waals surface area contributed by atoms with E-state index in [1.807, 2.05) is 28.8 Å². The van der Waals surface area contributed by atoms with E-state index in [0.717, 1.165) is 46.0 Å². The van der Waals surface area contributed by atoms with Crippen LogP contribution in [-0.4, -0.2) is 57.6 Å². The molecule has 4 heterocycles. The number of carbonyl (C=O) groups is 2. The third kappa shape index (κ3) is 4.74. The van der Waals surface area contributed by atoms with Crippen LogP contribution in [0.2, 0.25) is 0 Å². The number of rotatable bonds is 8. The Kier molecular flexibility index (Phi) is 6.69. The van der Waals surface area contributed by atoms with Gasteiger partial charge in [0.1, 0.15) is 0 Å². The highest BCUT2D eigenvalue weighted by Crippen LogP contribution is 2.29. The number of hydrogen-bond donors (Lipinski definition) is 1. The number of Topliss-reactive ketones (excluding diaryl/α,β-unsaturated/α-hetero) is 1. The Labute approximate surface area is 202 Å². The molecule has 0 spiro atoms. The number of ketones is 1. The number of aromatic nitrogens is 3. The predicted molar refractivity (Wildman–Crippen MR) is 136 cm³/mol. The number of hydrogen-bond acceptors (Lipinski definition) is 6. The van der Waals surface area contributed by atoms with Gasteiger partial charge in [0.2, 0.25) is 0 Å². The van der Waals surface area contributed by atoms with E-state index in [-0.39, 0.29) is 11.7 Å². The van der Waals surface area contributed by atoms with E-state index in [1.54, 1.807) is 25.4 Å². The minimum atomic E-state index is -0.111. The topological polar surface area (TPSA) is 79.6 Å². The summed E-state index contributed by atoms with van der Waals surface area (Å²) in [6.45, 7) is 3.51. The molecule has 0 aliphatic carbocycles. The fourth-order valence-corrected chi connectivity index (χ4v) is 5.56. The van der Waals surface area contributed by atoms with Gasteiger partial charge in [-0.25, -0.2) is 9.97 Å². The standard InChI is InChI=1S/C26H29N5O2S/c1-27-25(33)19-10-8-18(9-11-19)21-17-31-24-23(34-26(31)29-21)15-20(16-28-24)22(32)7-3-6-14-30-12-4-2-5-13-30/h8-11,15-17H,2-7,12-14H2,1H3,(H,27,33). The molecular formula is C26H29N5O2S. The Morgan fingerprint density at radius 2 is 1.85 bits per heavy atom. The van der Waals surface area contributed by atoms with Crippen LogP contribution in [0.25, 0.3) is 26.6 Å². The van der Waals surface area contributed by atoms with Crippen molar-refractivity contribution in [3.05, 3.63) is 53.9 Å². The van der Waals surface area contributed by atoms with Crippen molar-refractivity contribution < 1.29 is 9.59 Å². The molecule has 1 aromatic carbocycles. The fourth-order valence-electron chi connectivity index (χ4n) is 4.56. The van der Waals surface area contributed by atoms with Crippen molar-refractivity contribution >= 4 is 38.3 Å². The molecule has 0 atom stereocenters. The van der Waals surface area contributed by atoms with Crippen molar-refractivity contribution in [2.75, 3.05) is 26.7 Å². The van der Waals surface area contributed by atoms with Crippen molar-refractivity contribution in [1.29, 1.82) is 0 Å². The van der Waals surface area contributed by atoms with E-state index in [4.69, 9.17) is 4.98 Å². The van der Waals surface area contributed by atoms with Gasteiger partial charge in [-0.05, 0) is 63.5 Å². The quantitative estimate of drug-likeness (QED) is 0.292. The number of amides is 1. The molecule has 3 aromatic heterocycles. The molecule has 0 unspecified atom stereocenters. The zero-order valence-corrected chi connectivity index (χ0v) is 20.2. The number of unbranched alkanes of at least 4 members (excludes halogenated alkanes) is 1. The second-order valence-corrected chi connectivity index (χ2v) is 9.87. The summed E-state index contributed by atoms with van der Waals surface area (Å²) in [6.07, 6.45) is 10.2. The molecule has 0 bridgehead atoms. The van der Waals surface area contributed by atoms with Crippen LogP contribution < -0.4 is 5.32 Å². The van der Waals surface area contributed by atoms with Crippen LogP contribution in [0.15, 0.2) is 42.7 Å².